The number of para-hydroxylation sites is 1. The summed E-state index contributed by atoms with van der Waals surface area (Å²) in [6.45, 7) is 2.56. The Morgan fingerprint density at radius 3 is 2.81 bits per heavy atom. The van der Waals surface area contributed by atoms with E-state index >= 15 is 0 Å². The average molecular weight is 370 g/mol. The fourth-order valence-electron chi connectivity index (χ4n) is 3.36. The Morgan fingerprint density at radius 1 is 1.38 bits per heavy atom. The highest BCUT2D eigenvalue weighted by Crippen LogP contribution is 2.29. The van der Waals surface area contributed by atoms with Crippen LogP contribution in [0.2, 0.25) is 0 Å². The van der Waals surface area contributed by atoms with Crippen LogP contribution in [-0.2, 0) is 11.3 Å². The van der Waals surface area contributed by atoms with Crippen molar-refractivity contribution >= 4 is 28.6 Å². The van der Waals surface area contributed by atoms with Gasteiger partial charge in [0.25, 0.3) is 5.56 Å². The first-order chi connectivity index (χ1) is 12.6. The molecule has 0 radical (unpaired) electrons. The van der Waals surface area contributed by atoms with Crippen molar-refractivity contribution in [2.24, 2.45) is 0 Å². The minimum absolute atomic E-state index is 0.0790. The van der Waals surface area contributed by atoms with Gasteiger partial charge in [-0.25, -0.2) is 4.98 Å². The lowest BCUT2D eigenvalue weighted by atomic mass is 10.0. The lowest BCUT2D eigenvalue weighted by Crippen LogP contribution is -2.45. The summed E-state index contributed by atoms with van der Waals surface area (Å²) in [6.07, 6.45) is 4.13. The Bertz CT molecular complexity index is 910. The molecule has 1 amide bonds. The molecule has 2 aromatic rings. The van der Waals surface area contributed by atoms with E-state index in [4.69, 9.17) is 0 Å². The maximum Gasteiger partial charge on any atom is 0.262 e. The highest BCUT2D eigenvalue weighted by atomic mass is 32.2. The van der Waals surface area contributed by atoms with Gasteiger partial charge in [-0.05, 0) is 44.2 Å². The van der Waals surface area contributed by atoms with Crippen LogP contribution in [0, 0.1) is 11.3 Å². The molecule has 3 rings (SSSR count). The summed E-state index contributed by atoms with van der Waals surface area (Å²) in [5.74, 6) is -0.0540. The number of benzene rings is 1. The number of carbonyl (C=O) groups is 1. The number of nitrogens with zero attached hydrogens (tertiary/aromatic N) is 3. The molecule has 0 unspecified atom stereocenters. The van der Waals surface area contributed by atoms with Crippen molar-refractivity contribution in [3.05, 3.63) is 34.6 Å². The molecule has 0 spiro atoms. The molecule has 1 heterocycles. The van der Waals surface area contributed by atoms with E-state index in [1.165, 1.54) is 11.8 Å². The molecule has 0 aliphatic heterocycles. The van der Waals surface area contributed by atoms with Crippen molar-refractivity contribution in [3.63, 3.8) is 0 Å². The van der Waals surface area contributed by atoms with Crippen LogP contribution in [0.4, 0.5) is 0 Å². The number of thioether (sulfide) groups is 1. The summed E-state index contributed by atoms with van der Waals surface area (Å²) >= 11 is 1.25. The van der Waals surface area contributed by atoms with E-state index in [9.17, 15) is 14.9 Å². The van der Waals surface area contributed by atoms with Crippen LogP contribution in [0.25, 0.3) is 10.9 Å². The van der Waals surface area contributed by atoms with Crippen LogP contribution in [0.5, 0.6) is 0 Å². The van der Waals surface area contributed by atoms with Gasteiger partial charge in [0, 0.05) is 6.54 Å². The molecule has 1 N–H and O–H groups in total. The zero-order valence-electron chi connectivity index (χ0n) is 14.8. The summed E-state index contributed by atoms with van der Waals surface area (Å²) in [5, 5.41) is 13.4. The molecule has 7 heteroatoms. The molecule has 136 valence electrons. The molecular weight excluding hydrogens is 348 g/mol. The van der Waals surface area contributed by atoms with Crippen LogP contribution < -0.4 is 10.9 Å². The van der Waals surface area contributed by atoms with Crippen molar-refractivity contribution in [2.45, 2.75) is 56.3 Å². The first kappa shape index (κ1) is 18.5. The van der Waals surface area contributed by atoms with E-state index in [0.29, 0.717) is 35.4 Å². The number of rotatable bonds is 6. The zero-order chi connectivity index (χ0) is 18.6. The van der Waals surface area contributed by atoms with Gasteiger partial charge in [-0.2, -0.15) is 5.26 Å². The van der Waals surface area contributed by atoms with E-state index in [2.05, 4.69) is 16.4 Å². The van der Waals surface area contributed by atoms with Gasteiger partial charge < -0.3 is 5.32 Å². The van der Waals surface area contributed by atoms with Crippen LogP contribution >= 0.6 is 11.8 Å². The SMILES string of the molecule is CCCn1c(SCC(=O)NC2(C#N)CCCC2)nc2ccccc2c1=O. The van der Waals surface area contributed by atoms with Gasteiger partial charge in [0.2, 0.25) is 5.91 Å². The molecule has 0 bridgehead atoms. The first-order valence-corrected chi connectivity index (χ1v) is 9.92. The zero-order valence-corrected chi connectivity index (χ0v) is 15.6. The van der Waals surface area contributed by atoms with Crippen molar-refractivity contribution in [3.8, 4) is 6.07 Å². The van der Waals surface area contributed by atoms with Crippen molar-refractivity contribution in [2.75, 3.05) is 5.75 Å². The number of amides is 1. The molecule has 1 aromatic carbocycles. The minimum Gasteiger partial charge on any atom is -0.337 e. The van der Waals surface area contributed by atoms with E-state index in [0.717, 1.165) is 19.3 Å². The predicted molar refractivity (Wildman–Crippen MR) is 102 cm³/mol. The van der Waals surface area contributed by atoms with Gasteiger partial charge in [0.1, 0.15) is 5.54 Å². The molecule has 6 nitrogen and oxygen atoms in total. The van der Waals surface area contributed by atoms with Gasteiger partial charge in [0.15, 0.2) is 5.16 Å². The molecule has 1 aromatic heterocycles. The minimum atomic E-state index is -0.725. The first-order valence-electron chi connectivity index (χ1n) is 8.93. The summed E-state index contributed by atoms with van der Waals surface area (Å²) in [5.41, 5.74) is -0.168. The fraction of sp³-hybridized carbons (Fsp3) is 0.474. The molecule has 0 atom stereocenters. The second-order valence-electron chi connectivity index (χ2n) is 6.61. The largest absolute Gasteiger partial charge is 0.337 e. The van der Waals surface area contributed by atoms with E-state index in [1.54, 1.807) is 16.7 Å². The number of nitrogens with one attached hydrogen (secondary N) is 1. The third kappa shape index (κ3) is 3.75. The summed E-state index contributed by atoms with van der Waals surface area (Å²) in [4.78, 5) is 29.7. The number of aromatic nitrogens is 2. The summed E-state index contributed by atoms with van der Waals surface area (Å²) in [7, 11) is 0. The van der Waals surface area contributed by atoms with Crippen LogP contribution in [0.3, 0.4) is 0 Å². The van der Waals surface area contributed by atoms with Gasteiger partial charge >= 0.3 is 0 Å². The average Bonchev–Trinajstić information content (AvgIpc) is 3.11. The monoisotopic (exact) mass is 370 g/mol. The molecule has 1 fully saturated rings. The van der Waals surface area contributed by atoms with Crippen LogP contribution in [0.1, 0.15) is 39.0 Å². The molecular formula is C19H22N4O2S. The summed E-state index contributed by atoms with van der Waals surface area (Å²) < 4.78 is 1.63. The highest BCUT2D eigenvalue weighted by molar-refractivity contribution is 7.99. The molecule has 1 aliphatic rings. The normalized spacial score (nSPS) is 15.7. The van der Waals surface area contributed by atoms with Crippen molar-refractivity contribution in [1.29, 1.82) is 5.26 Å². The maximum atomic E-state index is 12.7. The third-order valence-electron chi connectivity index (χ3n) is 4.66. The second-order valence-corrected chi connectivity index (χ2v) is 7.55. The maximum absolute atomic E-state index is 12.7. The number of nitriles is 1. The number of hydrogen-bond acceptors (Lipinski definition) is 5. The second kappa shape index (κ2) is 7.92. The molecule has 0 saturated heterocycles. The lowest BCUT2D eigenvalue weighted by molar-refractivity contribution is -0.119. The smallest absolute Gasteiger partial charge is 0.262 e. The number of carbonyl (C=O) groups excluding carboxylic acids is 1. The predicted octanol–water partition coefficient (Wildman–Crippen LogP) is 2.85. The van der Waals surface area contributed by atoms with Gasteiger partial charge in [0.05, 0.1) is 22.7 Å². The van der Waals surface area contributed by atoms with Gasteiger partial charge in [-0.1, -0.05) is 30.8 Å². The Balaban J connectivity index is 1.80. The van der Waals surface area contributed by atoms with Crippen LogP contribution in [-0.4, -0.2) is 26.8 Å². The van der Waals surface area contributed by atoms with E-state index < -0.39 is 5.54 Å². The van der Waals surface area contributed by atoms with E-state index in [-0.39, 0.29) is 17.2 Å². The number of hydrogen-bond donors (Lipinski definition) is 1. The fourth-order valence-corrected chi connectivity index (χ4v) is 4.18. The molecule has 1 aliphatic carbocycles. The van der Waals surface area contributed by atoms with Crippen molar-refractivity contribution < 1.29 is 4.79 Å². The lowest BCUT2D eigenvalue weighted by Gasteiger charge is -2.22. The topological polar surface area (TPSA) is 87.8 Å². The molecule has 26 heavy (non-hydrogen) atoms. The Hall–Kier alpha value is -2.33. The van der Waals surface area contributed by atoms with Gasteiger partial charge in [-0.15, -0.1) is 0 Å². The van der Waals surface area contributed by atoms with Crippen molar-refractivity contribution in [1.82, 2.24) is 14.9 Å². The van der Waals surface area contributed by atoms with E-state index in [1.807, 2.05) is 19.1 Å². The Morgan fingerprint density at radius 2 is 2.12 bits per heavy atom. The van der Waals surface area contributed by atoms with Crippen LogP contribution in [0.15, 0.2) is 34.2 Å². The highest BCUT2D eigenvalue weighted by Gasteiger charge is 2.35. The number of fused-ring (bicyclic) bond motifs is 1. The standard InChI is InChI=1S/C19H22N4O2S/c1-2-11-23-17(25)14-7-3-4-8-15(14)21-18(23)26-12-16(24)22-19(13-20)9-5-6-10-19/h3-4,7-8H,2,5-6,9-12H2,1H3,(H,22,24). The van der Waals surface area contributed by atoms with Gasteiger partial charge in [-0.3, -0.25) is 14.2 Å². The Labute approximate surface area is 156 Å². The summed E-state index contributed by atoms with van der Waals surface area (Å²) in [6, 6.07) is 9.51. The quantitative estimate of drug-likeness (QED) is 0.624. The third-order valence-corrected chi connectivity index (χ3v) is 5.63. The Kier molecular flexibility index (Phi) is 5.62. The molecule has 1 saturated carbocycles.